The van der Waals surface area contributed by atoms with Gasteiger partial charge in [-0.05, 0) is 38.0 Å². The van der Waals surface area contributed by atoms with Crippen molar-refractivity contribution in [3.8, 4) is 0 Å². The molecule has 2 bridgehead atoms. The number of nitrogens with one attached hydrogen (secondary N) is 1. The minimum absolute atomic E-state index is 0.0144. The van der Waals surface area contributed by atoms with E-state index in [-0.39, 0.29) is 55.8 Å². The summed E-state index contributed by atoms with van der Waals surface area (Å²) in [4.78, 5) is 57.3. The maximum atomic E-state index is 13.7. The Labute approximate surface area is 219 Å². The average molecular weight is 519 g/mol. The molecule has 206 valence electrons. The summed E-state index contributed by atoms with van der Waals surface area (Å²) in [6.45, 7) is 5.72. The van der Waals surface area contributed by atoms with Gasteiger partial charge in [-0.25, -0.2) is 0 Å². The van der Waals surface area contributed by atoms with E-state index in [0.29, 0.717) is 50.5 Å². The van der Waals surface area contributed by atoms with Crippen molar-refractivity contribution in [3.63, 3.8) is 0 Å². The van der Waals surface area contributed by atoms with Crippen LogP contribution < -0.4 is 5.32 Å². The molecule has 3 rings (SSSR count). The maximum Gasteiger partial charge on any atom is 0.274 e. The molecule has 0 aromatic carbocycles. The van der Waals surface area contributed by atoms with Gasteiger partial charge in [0, 0.05) is 58.1 Å². The molecule has 0 saturated carbocycles. The minimum atomic E-state index is -0.297. The molecule has 2 aliphatic rings. The number of aryl methyl sites for hydroxylation is 1. The topological polar surface area (TPSA) is 117 Å². The zero-order valence-electron chi connectivity index (χ0n) is 22.9. The summed E-state index contributed by atoms with van der Waals surface area (Å²) >= 11 is 0. The van der Waals surface area contributed by atoms with Crippen molar-refractivity contribution in [3.05, 3.63) is 17.0 Å². The Morgan fingerprint density at radius 3 is 2.65 bits per heavy atom. The largest absolute Gasteiger partial charge is 0.384 e. The van der Waals surface area contributed by atoms with Crippen LogP contribution >= 0.6 is 0 Å². The summed E-state index contributed by atoms with van der Waals surface area (Å²) in [6.07, 6.45) is 3.52. The van der Waals surface area contributed by atoms with Gasteiger partial charge in [0.1, 0.15) is 0 Å². The van der Waals surface area contributed by atoms with E-state index in [1.165, 1.54) is 4.90 Å². The number of hydrogen-bond acceptors (Lipinski definition) is 6. The zero-order valence-corrected chi connectivity index (χ0v) is 22.9. The van der Waals surface area contributed by atoms with E-state index >= 15 is 0 Å². The second-order valence-electron chi connectivity index (χ2n) is 10.5. The van der Waals surface area contributed by atoms with Crippen LogP contribution in [0.25, 0.3) is 0 Å². The van der Waals surface area contributed by atoms with Crippen molar-refractivity contribution in [2.75, 3.05) is 53.5 Å². The van der Waals surface area contributed by atoms with E-state index in [4.69, 9.17) is 4.74 Å². The van der Waals surface area contributed by atoms with E-state index in [1.807, 2.05) is 11.9 Å². The monoisotopic (exact) mass is 518 g/mol. The first-order valence-electron chi connectivity index (χ1n) is 13.2. The fourth-order valence-electron chi connectivity index (χ4n) is 5.03. The van der Waals surface area contributed by atoms with E-state index < -0.39 is 0 Å². The van der Waals surface area contributed by atoms with Crippen LogP contribution in [0.2, 0.25) is 0 Å². The standard InChI is InChI=1S/C26H42N6O5/c1-18(2)9-13-32-19-7-8-21-20(15-19)25(28-30(21)4)26(36)29(3)16-22(33)27-11-6-12-31(17-24(32)35)23(34)10-14-37-5/h18-19H,6-17H2,1-5H3,(H,27,33). The SMILES string of the molecule is COCCC(=O)N1CCCNC(=O)CN(C)C(=O)c2nn(C)c3c2CC(CC3)N(CCC(C)C)C(=O)C1. The van der Waals surface area contributed by atoms with Crippen LogP contribution in [0.5, 0.6) is 0 Å². The molecule has 1 unspecified atom stereocenters. The van der Waals surface area contributed by atoms with Crippen LogP contribution in [-0.2, 0) is 39.0 Å². The molecule has 4 amide bonds. The van der Waals surface area contributed by atoms with Crippen molar-refractivity contribution in [2.24, 2.45) is 13.0 Å². The molecule has 1 aliphatic carbocycles. The Bertz CT molecular complexity index is 990. The van der Waals surface area contributed by atoms with Crippen LogP contribution in [-0.4, -0.2) is 108 Å². The second kappa shape index (κ2) is 13.0. The molecule has 1 aliphatic heterocycles. The third kappa shape index (κ3) is 7.30. The number of carbonyl (C=O) groups is 4. The lowest BCUT2D eigenvalue weighted by molar-refractivity contribution is -0.142. The van der Waals surface area contributed by atoms with Gasteiger partial charge in [-0.1, -0.05) is 13.8 Å². The first kappa shape index (κ1) is 28.6. The van der Waals surface area contributed by atoms with Gasteiger partial charge >= 0.3 is 0 Å². The van der Waals surface area contributed by atoms with Gasteiger partial charge in [0.15, 0.2) is 5.69 Å². The van der Waals surface area contributed by atoms with E-state index in [0.717, 1.165) is 24.1 Å². The lowest BCUT2D eigenvalue weighted by atomic mass is 9.89. The molecule has 0 fully saturated rings. The van der Waals surface area contributed by atoms with E-state index in [9.17, 15) is 19.2 Å². The number of hydrogen-bond donors (Lipinski definition) is 1. The smallest absolute Gasteiger partial charge is 0.274 e. The maximum absolute atomic E-state index is 13.7. The summed E-state index contributed by atoms with van der Waals surface area (Å²) in [6, 6.07) is -0.0908. The van der Waals surface area contributed by atoms with Crippen molar-refractivity contribution in [1.82, 2.24) is 29.8 Å². The molecular formula is C26H42N6O5. The van der Waals surface area contributed by atoms with Gasteiger partial charge < -0.3 is 24.8 Å². The van der Waals surface area contributed by atoms with Crippen molar-refractivity contribution in [2.45, 2.75) is 58.4 Å². The Hall–Kier alpha value is -2.95. The number of methoxy groups -OCH3 is 1. The highest BCUT2D eigenvalue weighted by Gasteiger charge is 2.35. The fraction of sp³-hybridized carbons (Fsp3) is 0.731. The number of nitrogens with zero attached hydrogens (tertiary/aromatic N) is 5. The highest BCUT2D eigenvalue weighted by molar-refractivity contribution is 5.96. The van der Waals surface area contributed by atoms with E-state index in [2.05, 4.69) is 24.3 Å². The molecule has 11 heteroatoms. The number of rotatable bonds is 6. The molecule has 11 nitrogen and oxygen atoms in total. The Balaban J connectivity index is 1.95. The van der Waals surface area contributed by atoms with Crippen molar-refractivity contribution >= 4 is 23.6 Å². The molecule has 1 aromatic rings. The Kier molecular flexibility index (Phi) is 10.1. The summed E-state index contributed by atoms with van der Waals surface area (Å²) < 4.78 is 6.83. The average Bonchev–Trinajstić information content (AvgIpc) is 3.18. The Morgan fingerprint density at radius 2 is 1.95 bits per heavy atom. The first-order valence-corrected chi connectivity index (χ1v) is 13.2. The van der Waals surface area contributed by atoms with Gasteiger partial charge in [0.2, 0.25) is 17.7 Å². The fourth-order valence-corrected chi connectivity index (χ4v) is 5.03. The van der Waals surface area contributed by atoms with Gasteiger partial charge in [0.05, 0.1) is 26.1 Å². The molecule has 0 spiro atoms. The number of aromatic nitrogens is 2. The second-order valence-corrected chi connectivity index (χ2v) is 10.5. The normalized spacial score (nSPS) is 20.0. The molecule has 0 saturated heterocycles. The van der Waals surface area contributed by atoms with Crippen LogP contribution in [0, 0.1) is 5.92 Å². The lowest BCUT2D eigenvalue weighted by Crippen LogP contribution is -2.50. The van der Waals surface area contributed by atoms with Gasteiger partial charge in [-0.3, -0.25) is 23.9 Å². The van der Waals surface area contributed by atoms with Crippen molar-refractivity contribution < 1.29 is 23.9 Å². The van der Waals surface area contributed by atoms with Crippen molar-refractivity contribution in [1.29, 1.82) is 0 Å². The number of fused-ring (bicyclic) bond motifs is 1. The number of likely N-dealkylation sites (N-methyl/N-ethyl adjacent to an activating group) is 1. The molecule has 2 heterocycles. The molecular weight excluding hydrogens is 476 g/mol. The summed E-state index contributed by atoms with van der Waals surface area (Å²) in [5.74, 6) is -0.393. The van der Waals surface area contributed by atoms with Crippen LogP contribution in [0.1, 0.15) is 61.3 Å². The van der Waals surface area contributed by atoms with Gasteiger partial charge in [0.25, 0.3) is 5.91 Å². The summed E-state index contributed by atoms with van der Waals surface area (Å²) in [5.41, 5.74) is 2.18. The zero-order chi connectivity index (χ0) is 27.1. The minimum Gasteiger partial charge on any atom is -0.384 e. The highest BCUT2D eigenvalue weighted by atomic mass is 16.5. The Morgan fingerprint density at radius 1 is 1.19 bits per heavy atom. The number of amides is 4. The van der Waals surface area contributed by atoms with Gasteiger partial charge in [-0.15, -0.1) is 0 Å². The highest BCUT2D eigenvalue weighted by Crippen LogP contribution is 2.28. The lowest BCUT2D eigenvalue weighted by Gasteiger charge is -2.36. The molecule has 1 aromatic heterocycles. The predicted molar refractivity (Wildman–Crippen MR) is 138 cm³/mol. The number of carbonyl (C=O) groups excluding carboxylic acids is 4. The third-order valence-electron chi connectivity index (χ3n) is 7.19. The number of ether oxygens (including phenoxy) is 1. The third-order valence-corrected chi connectivity index (χ3v) is 7.19. The molecule has 0 radical (unpaired) electrons. The quantitative estimate of drug-likeness (QED) is 0.590. The van der Waals surface area contributed by atoms with E-state index in [1.54, 1.807) is 23.7 Å². The van der Waals surface area contributed by atoms with Gasteiger partial charge in [-0.2, -0.15) is 5.10 Å². The van der Waals surface area contributed by atoms with Crippen LogP contribution in [0.4, 0.5) is 0 Å². The summed E-state index contributed by atoms with van der Waals surface area (Å²) in [5, 5.41) is 7.33. The molecule has 1 N–H and O–H groups in total. The van der Waals surface area contributed by atoms with Crippen LogP contribution in [0.3, 0.4) is 0 Å². The first-order chi connectivity index (χ1) is 17.6. The van der Waals surface area contributed by atoms with Crippen LogP contribution in [0.15, 0.2) is 0 Å². The predicted octanol–water partition coefficient (Wildman–Crippen LogP) is 0.609. The molecule has 37 heavy (non-hydrogen) atoms. The summed E-state index contributed by atoms with van der Waals surface area (Å²) in [7, 11) is 4.97. The molecule has 1 atom stereocenters.